The first-order valence-electron chi connectivity index (χ1n) is 9.08. The van der Waals surface area contributed by atoms with E-state index < -0.39 is 0 Å². The lowest BCUT2D eigenvalue weighted by Crippen LogP contribution is -2.54. The number of carbonyl (C=O) groups is 1. The molecule has 134 valence electrons. The number of aliphatic hydroxyl groups excluding tert-OH is 1. The molecule has 2 aliphatic rings. The number of hydrogen-bond acceptors (Lipinski definition) is 5. The molecule has 0 radical (unpaired) electrons. The molecule has 6 heteroatoms. The number of nitrogens with zero attached hydrogens (tertiary/aromatic N) is 4. The molecule has 1 N–H and O–H groups in total. The molecule has 0 aromatic carbocycles. The minimum absolute atomic E-state index is 0.0692. The van der Waals surface area contributed by atoms with Gasteiger partial charge in [-0.1, -0.05) is 0 Å². The van der Waals surface area contributed by atoms with Crippen LogP contribution in [0.3, 0.4) is 0 Å². The van der Waals surface area contributed by atoms with E-state index >= 15 is 0 Å². The number of anilines is 1. The van der Waals surface area contributed by atoms with Gasteiger partial charge in [-0.2, -0.15) is 5.26 Å². The Hall–Kier alpha value is -2.13. The van der Waals surface area contributed by atoms with Gasteiger partial charge >= 0.3 is 0 Å². The van der Waals surface area contributed by atoms with Crippen LogP contribution < -0.4 is 4.90 Å². The monoisotopic (exact) mass is 342 g/mol. The zero-order valence-electron chi connectivity index (χ0n) is 14.9. The Morgan fingerprint density at radius 3 is 2.96 bits per heavy atom. The van der Waals surface area contributed by atoms with Crippen LogP contribution in [0.5, 0.6) is 0 Å². The predicted octanol–water partition coefficient (Wildman–Crippen LogP) is 1.85. The molecule has 0 aliphatic carbocycles. The minimum atomic E-state index is 0.0692. The molecular weight excluding hydrogens is 316 g/mol. The number of carbonyl (C=O) groups excluding carboxylic acids is 1. The minimum Gasteiger partial charge on any atom is -0.396 e. The SMILES string of the molecule is Cc1ccc(C#N)c(N2CCC[C@@]3(CCC(=O)N(CCCO)C3)C2)n1. The van der Waals surface area contributed by atoms with Crippen molar-refractivity contribution in [2.75, 3.05) is 37.7 Å². The number of pyridine rings is 1. The number of aryl methyl sites for hydroxylation is 1. The fourth-order valence-electron chi connectivity index (χ4n) is 4.16. The Morgan fingerprint density at radius 2 is 2.20 bits per heavy atom. The molecule has 3 heterocycles. The zero-order valence-corrected chi connectivity index (χ0v) is 14.9. The third-order valence-corrected chi connectivity index (χ3v) is 5.43. The van der Waals surface area contributed by atoms with Crippen molar-refractivity contribution < 1.29 is 9.90 Å². The Kier molecular flexibility index (Phi) is 5.24. The highest BCUT2D eigenvalue weighted by molar-refractivity contribution is 5.77. The standard InChI is InChI=1S/C19H26N4O2/c1-15-4-5-16(12-20)18(21-15)23-9-2-7-19(14-23)8-6-17(25)22(13-19)10-3-11-24/h4-5,24H,2-3,6-11,13-14H2,1H3/t19-/m0/s1. The molecular formula is C19H26N4O2. The number of likely N-dealkylation sites (tertiary alicyclic amines) is 1. The first kappa shape index (κ1) is 17.7. The first-order valence-corrected chi connectivity index (χ1v) is 9.08. The van der Waals surface area contributed by atoms with Crippen molar-refractivity contribution in [3.05, 3.63) is 23.4 Å². The topological polar surface area (TPSA) is 80.5 Å². The van der Waals surface area contributed by atoms with Crippen molar-refractivity contribution in [1.82, 2.24) is 9.88 Å². The molecule has 3 rings (SSSR count). The lowest BCUT2D eigenvalue weighted by atomic mass is 9.73. The maximum atomic E-state index is 12.2. The number of aliphatic hydroxyl groups is 1. The van der Waals surface area contributed by atoms with E-state index in [9.17, 15) is 10.1 Å². The summed E-state index contributed by atoms with van der Waals surface area (Å²) >= 11 is 0. The van der Waals surface area contributed by atoms with Crippen LogP contribution in [0.1, 0.15) is 43.4 Å². The number of aromatic nitrogens is 1. The molecule has 0 bridgehead atoms. The summed E-state index contributed by atoms with van der Waals surface area (Å²) in [5, 5.41) is 18.5. The van der Waals surface area contributed by atoms with E-state index in [1.807, 2.05) is 24.0 Å². The van der Waals surface area contributed by atoms with Crippen LogP contribution in [0.4, 0.5) is 5.82 Å². The molecule has 1 atom stereocenters. The predicted molar refractivity (Wildman–Crippen MR) is 95.1 cm³/mol. The summed E-state index contributed by atoms with van der Waals surface area (Å²) < 4.78 is 0. The fourth-order valence-corrected chi connectivity index (χ4v) is 4.16. The number of nitriles is 1. The van der Waals surface area contributed by atoms with E-state index in [2.05, 4.69) is 16.0 Å². The Morgan fingerprint density at radius 1 is 1.36 bits per heavy atom. The van der Waals surface area contributed by atoms with Gasteiger partial charge in [0.1, 0.15) is 11.9 Å². The summed E-state index contributed by atoms with van der Waals surface area (Å²) in [6, 6.07) is 5.98. The van der Waals surface area contributed by atoms with Gasteiger partial charge in [0.25, 0.3) is 0 Å². The van der Waals surface area contributed by atoms with Gasteiger partial charge in [-0.3, -0.25) is 4.79 Å². The summed E-state index contributed by atoms with van der Waals surface area (Å²) in [7, 11) is 0. The Labute approximate surface area is 149 Å². The largest absolute Gasteiger partial charge is 0.396 e. The molecule has 2 fully saturated rings. The molecule has 6 nitrogen and oxygen atoms in total. The second-order valence-corrected chi connectivity index (χ2v) is 7.35. The summed E-state index contributed by atoms with van der Waals surface area (Å²) in [6.45, 7) is 5.17. The highest BCUT2D eigenvalue weighted by Gasteiger charge is 2.42. The van der Waals surface area contributed by atoms with Crippen molar-refractivity contribution in [3.8, 4) is 6.07 Å². The van der Waals surface area contributed by atoms with Crippen molar-refractivity contribution in [2.45, 2.75) is 39.0 Å². The highest BCUT2D eigenvalue weighted by Crippen LogP contribution is 2.40. The van der Waals surface area contributed by atoms with Gasteiger partial charge in [0.2, 0.25) is 5.91 Å². The normalized spacial score (nSPS) is 23.8. The van der Waals surface area contributed by atoms with Gasteiger partial charge in [-0.05, 0) is 44.7 Å². The second-order valence-electron chi connectivity index (χ2n) is 7.35. The average Bonchev–Trinajstić information content (AvgIpc) is 2.63. The molecule has 0 unspecified atom stereocenters. The summed E-state index contributed by atoms with van der Waals surface area (Å²) in [5.74, 6) is 0.975. The molecule has 1 amide bonds. The van der Waals surface area contributed by atoms with Crippen LogP contribution in [-0.2, 0) is 4.79 Å². The maximum Gasteiger partial charge on any atom is 0.222 e. The van der Waals surface area contributed by atoms with Gasteiger partial charge < -0.3 is 14.9 Å². The van der Waals surface area contributed by atoms with Gasteiger partial charge in [-0.25, -0.2) is 4.98 Å². The molecule has 1 aromatic heterocycles. The third kappa shape index (κ3) is 3.77. The van der Waals surface area contributed by atoms with E-state index in [0.717, 1.165) is 50.4 Å². The van der Waals surface area contributed by atoms with Gasteiger partial charge in [0, 0.05) is 50.3 Å². The van der Waals surface area contributed by atoms with Crippen molar-refractivity contribution >= 4 is 11.7 Å². The highest BCUT2D eigenvalue weighted by atomic mass is 16.3. The van der Waals surface area contributed by atoms with E-state index in [-0.39, 0.29) is 17.9 Å². The fraction of sp³-hybridized carbons (Fsp3) is 0.632. The average molecular weight is 342 g/mol. The van der Waals surface area contributed by atoms with E-state index in [4.69, 9.17) is 5.11 Å². The summed E-state index contributed by atoms with van der Waals surface area (Å²) in [6.07, 6.45) is 4.24. The Bertz CT molecular complexity index is 684. The van der Waals surface area contributed by atoms with E-state index in [0.29, 0.717) is 24.9 Å². The maximum absolute atomic E-state index is 12.2. The summed E-state index contributed by atoms with van der Waals surface area (Å²) in [5.41, 5.74) is 1.60. The zero-order chi connectivity index (χ0) is 17.9. The number of hydrogen-bond donors (Lipinski definition) is 1. The molecule has 2 saturated heterocycles. The van der Waals surface area contributed by atoms with Gasteiger partial charge in [0.15, 0.2) is 0 Å². The van der Waals surface area contributed by atoms with Crippen LogP contribution in [-0.4, -0.2) is 53.7 Å². The molecule has 25 heavy (non-hydrogen) atoms. The quantitative estimate of drug-likeness (QED) is 0.903. The van der Waals surface area contributed by atoms with E-state index in [1.165, 1.54) is 0 Å². The summed E-state index contributed by atoms with van der Waals surface area (Å²) in [4.78, 5) is 21.0. The van der Waals surface area contributed by atoms with Crippen LogP contribution in [0.2, 0.25) is 0 Å². The van der Waals surface area contributed by atoms with Crippen molar-refractivity contribution in [2.24, 2.45) is 5.41 Å². The van der Waals surface area contributed by atoms with Crippen LogP contribution >= 0.6 is 0 Å². The van der Waals surface area contributed by atoms with Crippen LogP contribution in [0, 0.1) is 23.7 Å². The van der Waals surface area contributed by atoms with Gasteiger partial charge in [0.05, 0.1) is 5.56 Å². The first-order chi connectivity index (χ1) is 12.1. The molecule has 1 spiro atoms. The van der Waals surface area contributed by atoms with E-state index in [1.54, 1.807) is 0 Å². The van der Waals surface area contributed by atoms with Gasteiger partial charge in [-0.15, -0.1) is 0 Å². The number of rotatable bonds is 4. The lowest BCUT2D eigenvalue weighted by Gasteiger charge is -2.48. The van der Waals surface area contributed by atoms with Crippen molar-refractivity contribution in [1.29, 1.82) is 5.26 Å². The van der Waals surface area contributed by atoms with Crippen LogP contribution in [0.25, 0.3) is 0 Å². The second kappa shape index (κ2) is 7.40. The lowest BCUT2D eigenvalue weighted by molar-refractivity contribution is -0.138. The third-order valence-electron chi connectivity index (χ3n) is 5.43. The molecule has 2 aliphatic heterocycles. The Balaban J connectivity index is 1.80. The number of piperidine rings is 2. The molecule has 1 aromatic rings. The van der Waals surface area contributed by atoms with Crippen molar-refractivity contribution in [3.63, 3.8) is 0 Å². The molecule has 0 saturated carbocycles. The number of amides is 1. The van der Waals surface area contributed by atoms with Crippen LogP contribution in [0.15, 0.2) is 12.1 Å². The smallest absolute Gasteiger partial charge is 0.222 e.